The van der Waals surface area contributed by atoms with Crippen molar-refractivity contribution in [2.75, 3.05) is 13.6 Å². The molecule has 0 aromatic carbocycles. The largest absolute Gasteiger partial charge is 0.481 e. The number of carbonyl (C=O) groups excluding carboxylic acids is 1. The van der Waals surface area contributed by atoms with E-state index in [0.717, 1.165) is 12.1 Å². The summed E-state index contributed by atoms with van der Waals surface area (Å²) in [6.45, 7) is 0.615. The lowest BCUT2D eigenvalue weighted by Crippen LogP contribution is -2.33. The van der Waals surface area contributed by atoms with Crippen LogP contribution in [0.15, 0.2) is 24.4 Å². The Labute approximate surface area is 118 Å². The van der Waals surface area contributed by atoms with Crippen LogP contribution in [0.5, 0.6) is 0 Å². The maximum absolute atomic E-state index is 12.2. The van der Waals surface area contributed by atoms with Gasteiger partial charge in [0.2, 0.25) is 5.91 Å². The van der Waals surface area contributed by atoms with Gasteiger partial charge in [-0.05, 0) is 31.4 Å². The van der Waals surface area contributed by atoms with Crippen LogP contribution in [0.4, 0.5) is 0 Å². The van der Waals surface area contributed by atoms with E-state index in [4.69, 9.17) is 5.11 Å². The lowest BCUT2D eigenvalue weighted by Gasteiger charge is -2.20. The Hall–Kier alpha value is -1.91. The predicted octanol–water partition coefficient (Wildman–Crippen LogP) is 1.58. The minimum absolute atomic E-state index is 0.0599. The van der Waals surface area contributed by atoms with E-state index in [9.17, 15) is 9.59 Å². The van der Waals surface area contributed by atoms with Gasteiger partial charge in [-0.3, -0.25) is 14.6 Å². The molecule has 0 saturated heterocycles. The van der Waals surface area contributed by atoms with Crippen LogP contribution in [0.3, 0.4) is 0 Å². The standard InChI is InChI=1S/C15H20N2O3/c1-17(9-7-13-4-2-3-8-16-13)14(18)11-5-6-12(10-11)15(19)20/h2-4,8,11-12H,5-7,9-10H2,1H3,(H,19,20). The number of aromatic nitrogens is 1. The van der Waals surface area contributed by atoms with Gasteiger partial charge in [-0.25, -0.2) is 0 Å². The first kappa shape index (κ1) is 14.5. The molecule has 0 radical (unpaired) electrons. The van der Waals surface area contributed by atoms with Crippen LogP contribution >= 0.6 is 0 Å². The molecule has 0 bridgehead atoms. The average molecular weight is 276 g/mol. The topological polar surface area (TPSA) is 70.5 Å². The molecule has 2 unspecified atom stereocenters. The molecule has 1 aliphatic carbocycles. The SMILES string of the molecule is CN(CCc1ccccn1)C(=O)C1CCC(C(=O)O)C1. The summed E-state index contributed by atoms with van der Waals surface area (Å²) < 4.78 is 0. The van der Waals surface area contributed by atoms with E-state index in [1.807, 2.05) is 18.2 Å². The van der Waals surface area contributed by atoms with Gasteiger partial charge in [-0.1, -0.05) is 6.07 Å². The van der Waals surface area contributed by atoms with Gasteiger partial charge in [-0.15, -0.1) is 0 Å². The van der Waals surface area contributed by atoms with E-state index in [1.54, 1.807) is 18.1 Å². The quantitative estimate of drug-likeness (QED) is 0.886. The summed E-state index contributed by atoms with van der Waals surface area (Å²) in [6, 6.07) is 5.73. The lowest BCUT2D eigenvalue weighted by atomic mass is 10.0. The zero-order valence-electron chi connectivity index (χ0n) is 11.7. The second-order valence-corrected chi connectivity index (χ2v) is 5.38. The molecule has 1 fully saturated rings. The molecule has 1 amide bonds. The fourth-order valence-corrected chi connectivity index (χ4v) is 2.68. The summed E-state index contributed by atoms with van der Waals surface area (Å²) >= 11 is 0. The first-order valence-corrected chi connectivity index (χ1v) is 6.95. The van der Waals surface area contributed by atoms with Crippen LogP contribution in [0, 0.1) is 11.8 Å². The van der Waals surface area contributed by atoms with Crippen LogP contribution in [0.1, 0.15) is 25.0 Å². The minimum atomic E-state index is -0.781. The monoisotopic (exact) mass is 276 g/mol. The van der Waals surface area contributed by atoms with Gasteiger partial charge in [0, 0.05) is 37.8 Å². The van der Waals surface area contributed by atoms with E-state index in [-0.39, 0.29) is 17.7 Å². The summed E-state index contributed by atoms with van der Waals surface area (Å²) in [6.07, 6.45) is 4.23. The molecule has 1 saturated carbocycles. The van der Waals surface area contributed by atoms with E-state index < -0.39 is 5.97 Å². The second kappa shape index (κ2) is 6.50. The molecule has 108 valence electrons. The first-order chi connectivity index (χ1) is 9.58. The smallest absolute Gasteiger partial charge is 0.306 e. The molecule has 1 aromatic rings. The highest BCUT2D eigenvalue weighted by Crippen LogP contribution is 2.32. The number of hydrogen-bond donors (Lipinski definition) is 1. The van der Waals surface area contributed by atoms with Crippen LogP contribution in [0.25, 0.3) is 0 Å². The maximum Gasteiger partial charge on any atom is 0.306 e. The van der Waals surface area contributed by atoms with Crippen molar-refractivity contribution in [2.45, 2.75) is 25.7 Å². The summed E-state index contributed by atoms with van der Waals surface area (Å²) in [7, 11) is 1.78. The minimum Gasteiger partial charge on any atom is -0.481 e. The van der Waals surface area contributed by atoms with Crippen molar-refractivity contribution in [3.63, 3.8) is 0 Å². The summed E-state index contributed by atoms with van der Waals surface area (Å²) in [4.78, 5) is 29.1. The molecule has 5 heteroatoms. The van der Waals surface area contributed by atoms with E-state index in [1.165, 1.54) is 0 Å². The summed E-state index contributed by atoms with van der Waals surface area (Å²) in [5.74, 6) is -1.21. The molecule has 1 aromatic heterocycles. The Bertz CT molecular complexity index is 475. The van der Waals surface area contributed by atoms with Crippen molar-refractivity contribution < 1.29 is 14.7 Å². The van der Waals surface area contributed by atoms with Crippen molar-refractivity contribution in [1.82, 2.24) is 9.88 Å². The van der Waals surface area contributed by atoms with Crippen LogP contribution in [-0.4, -0.2) is 40.5 Å². The fraction of sp³-hybridized carbons (Fsp3) is 0.533. The molecule has 1 aliphatic rings. The van der Waals surface area contributed by atoms with Gasteiger partial charge in [-0.2, -0.15) is 0 Å². The third kappa shape index (κ3) is 3.56. The van der Waals surface area contributed by atoms with Gasteiger partial charge in [0.05, 0.1) is 5.92 Å². The number of likely N-dealkylation sites (N-methyl/N-ethyl adjacent to an activating group) is 1. The number of aliphatic carboxylic acids is 1. The van der Waals surface area contributed by atoms with E-state index in [0.29, 0.717) is 25.8 Å². The summed E-state index contributed by atoms with van der Waals surface area (Å²) in [5.41, 5.74) is 0.960. The maximum atomic E-state index is 12.2. The first-order valence-electron chi connectivity index (χ1n) is 6.95. The van der Waals surface area contributed by atoms with E-state index in [2.05, 4.69) is 4.98 Å². The number of nitrogens with zero attached hydrogens (tertiary/aromatic N) is 2. The van der Waals surface area contributed by atoms with Crippen LogP contribution in [-0.2, 0) is 16.0 Å². The zero-order chi connectivity index (χ0) is 14.5. The van der Waals surface area contributed by atoms with Crippen molar-refractivity contribution in [3.05, 3.63) is 30.1 Å². The molecule has 2 rings (SSSR count). The van der Waals surface area contributed by atoms with Crippen molar-refractivity contribution >= 4 is 11.9 Å². The molecule has 0 spiro atoms. The van der Waals surface area contributed by atoms with Crippen molar-refractivity contribution in [3.8, 4) is 0 Å². The molecule has 0 aliphatic heterocycles. The molecule has 5 nitrogen and oxygen atoms in total. The molecule has 2 atom stereocenters. The summed E-state index contributed by atoms with van der Waals surface area (Å²) in [5, 5.41) is 8.97. The normalized spacial score (nSPS) is 21.6. The van der Waals surface area contributed by atoms with Crippen molar-refractivity contribution in [2.24, 2.45) is 11.8 Å². The number of carbonyl (C=O) groups is 2. The molecule has 1 heterocycles. The van der Waals surface area contributed by atoms with Crippen LogP contribution < -0.4 is 0 Å². The Morgan fingerprint density at radius 2 is 2.10 bits per heavy atom. The molecule has 20 heavy (non-hydrogen) atoms. The Balaban J connectivity index is 1.82. The van der Waals surface area contributed by atoms with Crippen LogP contribution in [0.2, 0.25) is 0 Å². The number of hydrogen-bond acceptors (Lipinski definition) is 3. The Morgan fingerprint density at radius 3 is 2.70 bits per heavy atom. The lowest BCUT2D eigenvalue weighted by molar-refractivity contribution is -0.141. The highest BCUT2D eigenvalue weighted by Gasteiger charge is 2.34. The highest BCUT2D eigenvalue weighted by atomic mass is 16.4. The molecule has 1 N–H and O–H groups in total. The number of carboxylic acids is 1. The number of carboxylic acid groups (broad SMARTS) is 1. The van der Waals surface area contributed by atoms with Gasteiger partial charge >= 0.3 is 5.97 Å². The van der Waals surface area contributed by atoms with Crippen molar-refractivity contribution in [1.29, 1.82) is 0 Å². The number of pyridine rings is 1. The third-order valence-electron chi connectivity index (χ3n) is 3.94. The highest BCUT2D eigenvalue weighted by molar-refractivity contribution is 5.80. The van der Waals surface area contributed by atoms with Gasteiger partial charge in [0.25, 0.3) is 0 Å². The molecular weight excluding hydrogens is 256 g/mol. The number of rotatable bonds is 5. The molecular formula is C15H20N2O3. The van der Waals surface area contributed by atoms with Gasteiger partial charge in [0.15, 0.2) is 0 Å². The predicted molar refractivity (Wildman–Crippen MR) is 74.0 cm³/mol. The number of amides is 1. The van der Waals surface area contributed by atoms with E-state index >= 15 is 0 Å². The third-order valence-corrected chi connectivity index (χ3v) is 3.94. The Morgan fingerprint density at radius 1 is 1.35 bits per heavy atom. The van der Waals surface area contributed by atoms with Gasteiger partial charge in [0.1, 0.15) is 0 Å². The zero-order valence-corrected chi connectivity index (χ0v) is 11.7. The second-order valence-electron chi connectivity index (χ2n) is 5.38. The Kier molecular flexibility index (Phi) is 4.71. The average Bonchev–Trinajstić information content (AvgIpc) is 2.95. The van der Waals surface area contributed by atoms with Gasteiger partial charge < -0.3 is 10.0 Å². The fourth-order valence-electron chi connectivity index (χ4n) is 2.68.